The first-order valence-electron chi connectivity index (χ1n) is 8.85. The van der Waals surface area contributed by atoms with Crippen molar-refractivity contribution in [3.05, 3.63) is 0 Å². The van der Waals surface area contributed by atoms with Gasteiger partial charge < -0.3 is 15.0 Å². The predicted molar refractivity (Wildman–Crippen MR) is 89.1 cm³/mol. The summed E-state index contributed by atoms with van der Waals surface area (Å²) in [7, 11) is 0. The van der Waals surface area contributed by atoms with Crippen molar-refractivity contribution >= 4 is 6.09 Å². The molecule has 1 saturated heterocycles. The molecule has 0 radical (unpaired) electrons. The third-order valence-corrected chi connectivity index (χ3v) is 4.54. The molecule has 2 rings (SSSR count). The third-order valence-electron chi connectivity index (χ3n) is 4.54. The van der Waals surface area contributed by atoms with Crippen LogP contribution in [0.15, 0.2) is 0 Å². The van der Waals surface area contributed by atoms with E-state index in [1.54, 1.807) is 0 Å². The van der Waals surface area contributed by atoms with Crippen molar-refractivity contribution in [2.45, 2.75) is 52.1 Å². The number of nitrogens with one attached hydrogen (secondary N) is 1. The molecule has 128 valence electrons. The van der Waals surface area contributed by atoms with E-state index in [4.69, 9.17) is 4.74 Å². The predicted octanol–water partition coefficient (Wildman–Crippen LogP) is 2.32. The van der Waals surface area contributed by atoms with Gasteiger partial charge in [0.2, 0.25) is 0 Å². The maximum atomic E-state index is 12.0. The van der Waals surface area contributed by atoms with Crippen LogP contribution in [0.1, 0.15) is 46.5 Å². The van der Waals surface area contributed by atoms with Crippen LogP contribution in [0.5, 0.6) is 0 Å². The number of hydrogen-bond acceptors (Lipinski definition) is 4. The summed E-state index contributed by atoms with van der Waals surface area (Å²) in [6, 6.07) is 0. The lowest BCUT2D eigenvalue weighted by Gasteiger charge is -2.35. The van der Waals surface area contributed by atoms with E-state index >= 15 is 0 Å². The standard InChI is InChI=1S/C17H33N3O2/c1-17(2,3)22-16(21)20-12-10-19(11-13-20)9-8-18-14-15-6-4-5-7-15/h15,18H,4-14H2,1-3H3. The monoisotopic (exact) mass is 311 g/mol. The van der Waals surface area contributed by atoms with Crippen LogP contribution in [0.2, 0.25) is 0 Å². The summed E-state index contributed by atoms with van der Waals surface area (Å²) in [5.74, 6) is 0.906. The fraction of sp³-hybridized carbons (Fsp3) is 0.941. The molecule has 0 aromatic carbocycles. The lowest BCUT2D eigenvalue weighted by molar-refractivity contribution is 0.0146. The van der Waals surface area contributed by atoms with Gasteiger partial charge in [-0.25, -0.2) is 4.79 Å². The fourth-order valence-electron chi connectivity index (χ4n) is 3.24. The van der Waals surface area contributed by atoms with E-state index in [-0.39, 0.29) is 6.09 Å². The largest absolute Gasteiger partial charge is 0.444 e. The van der Waals surface area contributed by atoms with Gasteiger partial charge in [-0.05, 0) is 46.1 Å². The van der Waals surface area contributed by atoms with E-state index in [0.717, 1.165) is 45.2 Å². The Balaban J connectivity index is 1.55. The highest BCUT2D eigenvalue weighted by Gasteiger charge is 2.25. The number of rotatable bonds is 5. The van der Waals surface area contributed by atoms with E-state index in [0.29, 0.717) is 0 Å². The van der Waals surface area contributed by atoms with Crippen LogP contribution in [-0.2, 0) is 4.74 Å². The second-order valence-electron chi connectivity index (χ2n) is 7.66. The second-order valence-corrected chi connectivity index (χ2v) is 7.66. The zero-order valence-electron chi connectivity index (χ0n) is 14.6. The van der Waals surface area contributed by atoms with Crippen LogP contribution in [0, 0.1) is 5.92 Å². The number of ether oxygens (including phenoxy) is 1. The molecule has 0 atom stereocenters. The minimum atomic E-state index is -0.404. The molecule has 2 fully saturated rings. The van der Waals surface area contributed by atoms with Crippen molar-refractivity contribution in [3.8, 4) is 0 Å². The van der Waals surface area contributed by atoms with Gasteiger partial charge in [-0.3, -0.25) is 4.90 Å². The van der Waals surface area contributed by atoms with E-state index in [2.05, 4.69) is 10.2 Å². The lowest BCUT2D eigenvalue weighted by atomic mass is 10.1. The number of hydrogen-bond donors (Lipinski definition) is 1. The molecule has 5 nitrogen and oxygen atoms in total. The Morgan fingerprint density at radius 3 is 2.36 bits per heavy atom. The van der Waals surface area contributed by atoms with Crippen LogP contribution in [0.3, 0.4) is 0 Å². The maximum absolute atomic E-state index is 12.0. The van der Waals surface area contributed by atoms with Gasteiger partial charge in [0, 0.05) is 39.3 Å². The van der Waals surface area contributed by atoms with Crippen molar-refractivity contribution in [1.29, 1.82) is 0 Å². The first-order chi connectivity index (χ1) is 10.4. The van der Waals surface area contributed by atoms with Gasteiger partial charge in [0.05, 0.1) is 0 Å². The second kappa shape index (κ2) is 8.16. The maximum Gasteiger partial charge on any atom is 0.410 e. The van der Waals surface area contributed by atoms with Crippen LogP contribution in [0.4, 0.5) is 4.79 Å². The Morgan fingerprint density at radius 1 is 1.14 bits per heavy atom. The van der Waals surface area contributed by atoms with Crippen molar-refractivity contribution in [1.82, 2.24) is 15.1 Å². The molecule has 2 aliphatic rings. The van der Waals surface area contributed by atoms with Crippen LogP contribution >= 0.6 is 0 Å². The summed E-state index contributed by atoms with van der Waals surface area (Å²) in [6.07, 6.45) is 5.47. The van der Waals surface area contributed by atoms with Gasteiger partial charge in [0.25, 0.3) is 0 Å². The zero-order chi connectivity index (χ0) is 16.0. The molecule has 22 heavy (non-hydrogen) atoms. The smallest absolute Gasteiger partial charge is 0.410 e. The molecular formula is C17H33N3O2. The lowest BCUT2D eigenvalue weighted by Crippen LogP contribution is -2.51. The normalized spacial score (nSPS) is 21.3. The molecular weight excluding hydrogens is 278 g/mol. The minimum Gasteiger partial charge on any atom is -0.444 e. The number of carbonyl (C=O) groups excluding carboxylic acids is 1. The Hall–Kier alpha value is -0.810. The van der Waals surface area contributed by atoms with E-state index < -0.39 is 5.60 Å². The first kappa shape index (κ1) is 17.5. The van der Waals surface area contributed by atoms with E-state index in [1.807, 2.05) is 25.7 Å². The minimum absolute atomic E-state index is 0.175. The number of nitrogens with zero attached hydrogens (tertiary/aromatic N) is 2. The summed E-state index contributed by atoms with van der Waals surface area (Å²) in [4.78, 5) is 16.3. The molecule has 0 bridgehead atoms. The molecule has 0 aromatic heterocycles. The topological polar surface area (TPSA) is 44.8 Å². The van der Waals surface area contributed by atoms with Crippen molar-refractivity contribution in [2.75, 3.05) is 45.8 Å². The molecule has 0 spiro atoms. The van der Waals surface area contributed by atoms with Crippen molar-refractivity contribution in [2.24, 2.45) is 5.92 Å². The molecule has 1 amide bonds. The molecule has 0 aromatic rings. The highest BCUT2D eigenvalue weighted by molar-refractivity contribution is 5.68. The Bertz CT molecular complexity index is 340. The van der Waals surface area contributed by atoms with Gasteiger partial charge in [-0.15, -0.1) is 0 Å². The van der Waals surface area contributed by atoms with Crippen LogP contribution in [-0.4, -0.2) is 67.3 Å². The number of amides is 1. The average molecular weight is 311 g/mol. The van der Waals surface area contributed by atoms with Gasteiger partial charge in [0.15, 0.2) is 0 Å². The van der Waals surface area contributed by atoms with Crippen molar-refractivity contribution < 1.29 is 9.53 Å². The van der Waals surface area contributed by atoms with Gasteiger partial charge >= 0.3 is 6.09 Å². The Kier molecular flexibility index (Phi) is 6.50. The molecule has 1 heterocycles. The molecule has 5 heteroatoms. The van der Waals surface area contributed by atoms with Crippen LogP contribution < -0.4 is 5.32 Å². The third kappa shape index (κ3) is 6.13. The first-order valence-corrected chi connectivity index (χ1v) is 8.85. The molecule has 0 unspecified atom stereocenters. The quantitative estimate of drug-likeness (QED) is 0.792. The van der Waals surface area contributed by atoms with Crippen LogP contribution in [0.25, 0.3) is 0 Å². The molecule has 1 aliphatic carbocycles. The summed E-state index contributed by atoms with van der Waals surface area (Å²) < 4.78 is 5.42. The fourth-order valence-corrected chi connectivity index (χ4v) is 3.24. The highest BCUT2D eigenvalue weighted by Crippen LogP contribution is 2.23. The van der Waals surface area contributed by atoms with Gasteiger partial charge in [0.1, 0.15) is 5.60 Å². The number of carbonyl (C=O) groups is 1. The zero-order valence-corrected chi connectivity index (χ0v) is 14.6. The summed E-state index contributed by atoms with van der Waals surface area (Å²) in [6.45, 7) is 12.5. The summed E-state index contributed by atoms with van der Waals surface area (Å²) >= 11 is 0. The average Bonchev–Trinajstić information content (AvgIpc) is 2.95. The van der Waals surface area contributed by atoms with Crippen molar-refractivity contribution in [3.63, 3.8) is 0 Å². The van der Waals surface area contributed by atoms with E-state index in [1.165, 1.54) is 32.2 Å². The summed E-state index contributed by atoms with van der Waals surface area (Å²) in [5, 5.41) is 3.59. The molecule has 1 saturated carbocycles. The van der Waals surface area contributed by atoms with Gasteiger partial charge in [-0.1, -0.05) is 12.8 Å². The molecule has 1 aliphatic heterocycles. The Labute approximate surface area is 135 Å². The Morgan fingerprint density at radius 2 is 1.77 bits per heavy atom. The number of piperazine rings is 1. The van der Waals surface area contributed by atoms with E-state index in [9.17, 15) is 4.79 Å². The highest BCUT2D eigenvalue weighted by atomic mass is 16.6. The SMILES string of the molecule is CC(C)(C)OC(=O)N1CCN(CCNCC2CCCC2)CC1. The molecule has 1 N–H and O–H groups in total. The summed E-state index contributed by atoms with van der Waals surface area (Å²) in [5.41, 5.74) is -0.404. The van der Waals surface area contributed by atoms with Gasteiger partial charge in [-0.2, -0.15) is 0 Å².